The number of hydrogen-bond donors (Lipinski definition) is 1. The lowest BCUT2D eigenvalue weighted by atomic mass is 10.1. The Kier molecular flexibility index (Phi) is 3.52. The largest absolute Gasteiger partial charge is 0.534 e. The monoisotopic (exact) mass is 342 g/mol. The van der Waals surface area contributed by atoms with Gasteiger partial charge in [0.15, 0.2) is 0 Å². The molecule has 0 aliphatic heterocycles. The van der Waals surface area contributed by atoms with Crippen LogP contribution in [0.5, 0.6) is 5.88 Å². The van der Waals surface area contributed by atoms with E-state index in [1.807, 2.05) is 30.3 Å². The van der Waals surface area contributed by atoms with Crippen LogP contribution in [-0.2, 0) is 10.1 Å². The summed E-state index contributed by atoms with van der Waals surface area (Å²) in [6.45, 7) is 0. The number of H-pyrrole nitrogens is 1. The van der Waals surface area contributed by atoms with Gasteiger partial charge in [-0.1, -0.05) is 36.4 Å². The third-order valence-electron chi connectivity index (χ3n) is 3.09. The maximum Gasteiger partial charge on any atom is 0.534 e. The van der Waals surface area contributed by atoms with Crippen LogP contribution in [0.3, 0.4) is 0 Å². The zero-order valence-corrected chi connectivity index (χ0v) is 12.1. The molecule has 0 amide bonds. The first-order valence-corrected chi connectivity index (χ1v) is 7.72. The van der Waals surface area contributed by atoms with Crippen molar-refractivity contribution >= 4 is 20.9 Å². The summed E-state index contributed by atoms with van der Waals surface area (Å²) < 4.78 is 62.7. The quantitative estimate of drug-likeness (QED) is 0.584. The van der Waals surface area contributed by atoms with Crippen molar-refractivity contribution in [1.82, 2.24) is 10.2 Å². The van der Waals surface area contributed by atoms with E-state index in [0.717, 1.165) is 16.8 Å². The minimum atomic E-state index is -5.74. The Hall–Kier alpha value is -2.55. The van der Waals surface area contributed by atoms with Gasteiger partial charge < -0.3 is 4.18 Å². The molecule has 0 fully saturated rings. The molecule has 3 aromatic rings. The van der Waals surface area contributed by atoms with Crippen molar-refractivity contribution in [2.45, 2.75) is 5.51 Å². The summed E-state index contributed by atoms with van der Waals surface area (Å²) in [4.78, 5) is 0. The van der Waals surface area contributed by atoms with Gasteiger partial charge in [-0.25, -0.2) is 0 Å². The third-order valence-corrected chi connectivity index (χ3v) is 4.05. The van der Waals surface area contributed by atoms with Gasteiger partial charge in [-0.3, -0.25) is 5.10 Å². The van der Waals surface area contributed by atoms with E-state index in [4.69, 9.17) is 0 Å². The summed E-state index contributed by atoms with van der Waals surface area (Å²) in [5.74, 6) is -0.675. The molecule has 120 valence electrons. The Balaban J connectivity index is 1.92. The fraction of sp³-hybridized carbons (Fsp3) is 0.0714. The number of alkyl halides is 3. The van der Waals surface area contributed by atoms with E-state index in [9.17, 15) is 21.6 Å². The molecule has 5 nitrogen and oxygen atoms in total. The maximum atomic E-state index is 12.3. The Morgan fingerprint density at radius 3 is 2.39 bits per heavy atom. The maximum absolute atomic E-state index is 12.3. The van der Waals surface area contributed by atoms with E-state index in [1.165, 1.54) is 0 Å². The molecule has 2 aromatic carbocycles. The second-order valence-corrected chi connectivity index (χ2v) is 6.20. The second kappa shape index (κ2) is 5.27. The molecule has 3 rings (SSSR count). The van der Waals surface area contributed by atoms with Crippen LogP contribution in [0.1, 0.15) is 0 Å². The molecule has 0 aliphatic rings. The van der Waals surface area contributed by atoms with Gasteiger partial charge in [-0.15, -0.1) is 5.10 Å². The van der Waals surface area contributed by atoms with Crippen molar-refractivity contribution in [3.05, 3.63) is 48.5 Å². The first-order chi connectivity index (χ1) is 10.8. The topological polar surface area (TPSA) is 72.1 Å². The van der Waals surface area contributed by atoms with Crippen molar-refractivity contribution in [3.63, 3.8) is 0 Å². The van der Waals surface area contributed by atoms with E-state index in [1.54, 1.807) is 12.1 Å². The zero-order valence-electron chi connectivity index (χ0n) is 11.3. The molecule has 0 aliphatic carbocycles. The molecule has 0 spiro atoms. The van der Waals surface area contributed by atoms with E-state index in [-0.39, 0.29) is 0 Å². The number of halogens is 3. The van der Waals surface area contributed by atoms with Gasteiger partial charge in [0.2, 0.25) is 0 Å². The summed E-state index contributed by atoms with van der Waals surface area (Å²) in [7, 11) is -5.74. The Labute approximate surface area is 128 Å². The van der Waals surface area contributed by atoms with Crippen molar-refractivity contribution < 1.29 is 25.8 Å². The lowest BCUT2D eigenvalue weighted by Gasteiger charge is -2.06. The molecule has 0 radical (unpaired) electrons. The zero-order chi connectivity index (χ0) is 16.7. The number of rotatable bonds is 3. The third kappa shape index (κ3) is 3.00. The van der Waals surface area contributed by atoms with E-state index >= 15 is 0 Å². The molecule has 0 saturated heterocycles. The van der Waals surface area contributed by atoms with Crippen molar-refractivity contribution in [2.75, 3.05) is 0 Å². The summed E-state index contributed by atoms with van der Waals surface area (Å²) in [6.07, 6.45) is 0. The van der Waals surface area contributed by atoms with Crippen LogP contribution in [0, 0.1) is 0 Å². The molecular weight excluding hydrogens is 333 g/mol. The van der Waals surface area contributed by atoms with Gasteiger partial charge in [-0.2, -0.15) is 21.6 Å². The minimum Gasteiger partial charge on any atom is -0.354 e. The van der Waals surface area contributed by atoms with Crippen LogP contribution in [0.25, 0.3) is 22.0 Å². The summed E-state index contributed by atoms with van der Waals surface area (Å²) in [6, 6.07) is 14.0. The molecular formula is C14H9F3N2O3S. The number of fused-ring (bicyclic) bond motifs is 1. The van der Waals surface area contributed by atoms with Gasteiger partial charge >= 0.3 is 15.6 Å². The van der Waals surface area contributed by atoms with Gasteiger partial charge in [-0.05, 0) is 16.8 Å². The number of benzene rings is 2. The lowest BCUT2D eigenvalue weighted by molar-refractivity contribution is -0.0501. The lowest BCUT2D eigenvalue weighted by Crippen LogP contribution is -2.28. The highest BCUT2D eigenvalue weighted by atomic mass is 32.2. The molecule has 9 heteroatoms. The van der Waals surface area contributed by atoms with Gasteiger partial charge in [0.25, 0.3) is 5.88 Å². The van der Waals surface area contributed by atoms with E-state index < -0.39 is 21.5 Å². The van der Waals surface area contributed by atoms with E-state index in [2.05, 4.69) is 14.4 Å². The average molecular weight is 342 g/mol. The van der Waals surface area contributed by atoms with Crippen LogP contribution < -0.4 is 4.18 Å². The van der Waals surface area contributed by atoms with Crippen LogP contribution in [0.15, 0.2) is 48.5 Å². The molecule has 1 N–H and O–H groups in total. The van der Waals surface area contributed by atoms with Crippen LogP contribution in [-0.4, -0.2) is 24.1 Å². The van der Waals surface area contributed by atoms with Crippen LogP contribution >= 0.6 is 0 Å². The first-order valence-electron chi connectivity index (χ1n) is 6.32. The summed E-state index contributed by atoms with van der Waals surface area (Å²) >= 11 is 0. The second-order valence-electron chi connectivity index (χ2n) is 4.66. The van der Waals surface area contributed by atoms with Crippen molar-refractivity contribution in [3.8, 4) is 17.1 Å². The first kappa shape index (κ1) is 15.3. The molecule has 0 saturated carbocycles. The molecule has 0 bridgehead atoms. The Morgan fingerprint density at radius 1 is 1.00 bits per heavy atom. The Bertz CT molecular complexity index is 965. The van der Waals surface area contributed by atoms with Gasteiger partial charge in [0.1, 0.15) is 0 Å². The average Bonchev–Trinajstić information content (AvgIpc) is 2.93. The molecule has 0 atom stereocenters. The van der Waals surface area contributed by atoms with E-state index in [0.29, 0.717) is 11.3 Å². The smallest absolute Gasteiger partial charge is 0.354 e. The molecule has 1 aromatic heterocycles. The number of nitrogens with zero attached hydrogens (tertiary/aromatic N) is 1. The van der Waals surface area contributed by atoms with Crippen LogP contribution in [0.2, 0.25) is 0 Å². The molecule has 0 unspecified atom stereocenters. The predicted octanol–water partition coefficient (Wildman–Crippen LogP) is 3.46. The predicted molar refractivity (Wildman–Crippen MR) is 77.1 cm³/mol. The molecule has 1 heterocycles. The summed E-state index contributed by atoms with van der Waals surface area (Å²) in [5.41, 5.74) is -4.53. The minimum absolute atomic E-state index is 0.336. The fourth-order valence-electron chi connectivity index (χ4n) is 2.01. The number of aromatic amines is 1. The Morgan fingerprint density at radius 2 is 1.70 bits per heavy atom. The van der Waals surface area contributed by atoms with Crippen molar-refractivity contribution in [2.24, 2.45) is 0 Å². The molecule has 23 heavy (non-hydrogen) atoms. The normalized spacial score (nSPS) is 12.5. The number of aromatic nitrogens is 2. The van der Waals surface area contributed by atoms with Crippen LogP contribution in [0.4, 0.5) is 13.2 Å². The SMILES string of the molecule is O=S(=O)(Oc1cc(-c2ccc3ccccc3c2)[nH]n1)C(F)(F)F. The number of nitrogens with one attached hydrogen (secondary N) is 1. The van der Waals surface area contributed by atoms with Crippen molar-refractivity contribution in [1.29, 1.82) is 0 Å². The standard InChI is InChI=1S/C14H9F3N2O3S/c15-14(16,17)23(20,21)22-13-8-12(18-19-13)11-6-5-9-3-1-2-4-10(9)7-11/h1-8H,(H,18,19). The fourth-order valence-corrected chi connectivity index (χ4v) is 2.42. The highest BCUT2D eigenvalue weighted by Crippen LogP contribution is 2.29. The summed E-state index contributed by atoms with van der Waals surface area (Å²) in [5, 5.41) is 7.81. The van der Waals surface area contributed by atoms with Gasteiger partial charge in [0.05, 0.1) is 5.69 Å². The highest BCUT2D eigenvalue weighted by molar-refractivity contribution is 7.87. The number of hydrogen-bond acceptors (Lipinski definition) is 4. The highest BCUT2D eigenvalue weighted by Gasteiger charge is 2.49. The van der Waals surface area contributed by atoms with Gasteiger partial charge in [0, 0.05) is 11.6 Å².